The first-order valence-electron chi connectivity index (χ1n) is 4.72. The summed E-state index contributed by atoms with van der Waals surface area (Å²) in [4.78, 5) is 4.24. The van der Waals surface area contributed by atoms with E-state index in [9.17, 15) is 0 Å². The van der Waals surface area contributed by atoms with Crippen molar-refractivity contribution >= 4 is 11.6 Å². The van der Waals surface area contributed by atoms with Crippen molar-refractivity contribution in [1.82, 2.24) is 19.7 Å². The molecule has 0 bridgehead atoms. The Morgan fingerprint density at radius 3 is 2.80 bits per heavy atom. The second-order valence-electron chi connectivity index (χ2n) is 3.24. The highest BCUT2D eigenvalue weighted by Crippen LogP contribution is 2.08. The van der Waals surface area contributed by atoms with Crippen LogP contribution in [0.5, 0.6) is 0 Å². The molecule has 0 aliphatic heterocycles. The Labute approximate surface area is 92.9 Å². The van der Waals surface area contributed by atoms with Crippen LogP contribution in [0.25, 0.3) is 0 Å². The van der Waals surface area contributed by atoms with Gasteiger partial charge in [-0.05, 0) is 30.7 Å². The number of halogens is 1. The number of nitrogens with zero attached hydrogens (tertiary/aromatic N) is 4. The minimum absolute atomic E-state index is 0.434. The number of hydrogen-bond donors (Lipinski definition) is 0. The van der Waals surface area contributed by atoms with Gasteiger partial charge in [-0.3, -0.25) is 4.98 Å². The van der Waals surface area contributed by atoms with Crippen LogP contribution in [-0.2, 0) is 13.0 Å². The molecule has 4 nitrogen and oxygen atoms in total. The third-order valence-electron chi connectivity index (χ3n) is 2.21. The standard InChI is InChI=1S/C10H11ClN4/c1-8-13-14-10(11)15(8)7-5-9-4-2-3-6-12-9/h2-4,6H,5,7H2,1H3. The molecule has 0 fully saturated rings. The van der Waals surface area contributed by atoms with E-state index in [0.717, 1.165) is 24.5 Å². The van der Waals surface area contributed by atoms with Crippen LogP contribution in [-0.4, -0.2) is 19.7 Å². The molecule has 0 atom stereocenters. The van der Waals surface area contributed by atoms with Crippen molar-refractivity contribution < 1.29 is 0 Å². The normalized spacial score (nSPS) is 10.5. The van der Waals surface area contributed by atoms with Crippen LogP contribution >= 0.6 is 11.6 Å². The first kappa shape index (κ1) is 10.1. The minimum Gasteiger partial charge on any atom is -0.302 e. The Morgan fingerprint density at radius 1 is 1.33 bits per heavy atom. The molecule has 2 heterocycles. The minimum atomic E-state index is 0.434. The monoisotopic (exact) mass is 222 g/mol. The molecule has 0 N–H and O–H groups in total. The van der Waals surface area contributed by atoms with Crippen LogP contribution in [0.4, 0.5) is 0 Å². The highest BCUT2D eigenvalue weighted by molar-refractivity contribution is 6.28. The van der Waals surface area contributed by atoms with E-state index in [1.54, 1.807) is 6.20 Å². The molecule has 78 valence electrons. The Balaban J connectivity index is 2.05. The van der Waals surface area contributed by atoms with Crippen molar-refractivity contribution in [3.8, 4) is 0 Å². The highest BCUT2D eigenvalue weighted by atomic mass is 35.5. The lowest BCUT2D eigenvalue weighted by molar-refractivity contribution is 0.664. The van der Waals surface area contributed by atoms with Gasteiger partial charge in [0, 0.05) is 24.9 Å². The molecular formula is C10H11ClN4. The largest absolute Gasteiger partial charge is 0.302 e. The summed E-state index contributed by atoms with van der Waals surface area (Å²) in [6.45, 7) is 2.64. The van der Waals surface area contributed by atoms with E-state index < -0.39 is 0 Å². The Kier molecular flexibility index (Phi) is 2.97. The number of aromatic nitrogens is 4. The number of pyridine rings is 1. The van der Waals surface area contributed by atoms with Crippen LogP contribution in [0.2, 0.25) is 5.28 Å². The quantitative estimate of drug-likeness (QED) is 0.797. The third kappa shape index (κ3) is 2.33. The predicted molar refractivity (Wildman–Crippen MR) is 57.7 cm³/mol. The molecule has 2 aromatic heterocycles. The molecule has 0 radical (unpaired) electrons. The van der Waals surface area contributed by atoms with Crippen LogP contribution in [0.15, 0.2) is 24.4 Å². The Morgan fingerprint density at radius 2 is 2.20 bits per heavy atom. The zero-order valence-corrected chi connectivity index (χ0v) is 9.15. The van der Waals surface area contributed by atoms with Crippen molar-refractivity contribution in [2.45, 2.75) is 19.9 Å². The van der Waals surface area contributed by atoms with Gasteiger partial charge in [0.15, 0.2) is 0 Å². The fourth-order valence-electron chi connectivity index (χ4n) is 1.38. The maximum atomic E-state index is 5.88. The molecule has 2 aromatic rings. The molecule has 0 amide bonds. The molecule has 0 unspecified atom stereocenters. The predicted octanol–water partition coefficient (Wildman–Crippen LogP) is 1.88. The molecule has 15 heavy (non-hydrogen) atoms. The molecule has 0 aliphatic rings. The van der Waals surface area contributed by atoms with Crippen LogP contribution in [0.1, 0.15) is 11.5 Å². The summed E-state index contributed by atoms with van der Waals surface area (Å²) in [5.74, 6) is 0.830. The summed E-state index contributed by atoms with van der Waals surface area (Å²) in [7, 11) is 0. The SMILES string of the molecule is Cc1nnc(Cl)n1CCc1ccccn1. The van der Waals surface area contributed by atoms with E-state index in [1.165, 1.54) is 0 Å². The van der Waals surface area contributed by atoms with E-state index >= 15 is 0 Å². The van der Waals surface area contributed by atoms with Crippen molar-refractivity contribution in [2.24, 2.45) is 0 Å². The Bertz CT molecular complexity index is 418. The van der Waals surface area contributed by atoms with Gasteiger partial charge in [0.1, 0.15) is 5.82 Å². The first-order valence-corrected chi connectivity index (χ1v) is 5.10. The van der Waals surface area contributed by atoms with Crippen LogP contribution in [0, 0.1) is 6.92 Å². The molecule has 0 aromatic carbocycles. The van der Waals surface area contributed by atoms with E-state index in [1.807, 2.05) is 29.7 Å². The second-order valence-corrected chi connectivity index (χ2v) is 3.58. The van der Waals surface area contributed by atoms with E-state index in [2.05, 4.69) is 15.2 Å². The van der Waals surface area contributed by atoms with Gasteiger partial charge in [0.2, 0.25) is 5.28 Å². The summed E-state index contributed by atoms with van der Waals surface area (Å²) >= 11 is 5.88. The lowest BCUT2D eigenvalue weighted by atomic mass is 10.3. The zero-order chi connectivity index (χ0) is 10.7. The van der Waals surface area contributed by atoms with Gasteiger partial charge in [-0.25, -0.2) is 0 Å². The smallest absolute Gasteiger partial charge is 0.225 e. The van der Waals surface area contributed by atoms with Gasteiger partial charge in [0.25, 0.3) is 0 Å². The zero-order valence-electron chi connectivity index (χ0n) is 8.39. The summed E-state index contributed by atoms with van der Waals surface area (Å²) in [6.07, 6.45) is 2.62. The fourth-order valence-corrected chi connectivity index (χ4v) is 1.63. The molecule has 2 rings (SSSR count). The number of rotatable bonds is 3. The summed E-state index contributed by atoms with van der Waals surface area (Å²) in [6, 6.07) is 5.87. The molecule has 0 saturated heterocycles. The van der Waals surface area contributed by atoms with E-state index in [0.29, 0.717) is 5.28 Å². The molecule has 5 heteroatoms. The van der Waals surface area contributed by atoms with Gasteiger partial charge >= 0.3 is 0 Å². The van der Waals surface area contributed by atoms with Crippen molar-refractivity contribution in [3.63, 3.8) is 0 Å². The number of hydrogen-bond acceptors (Lipinski definition) is 3. The van der Waals surface area contributed by atoms with Gasteiger partial charge < -0.3 is 4.57 Å². The number of aryl methyl sites for hydroxylation is 2. The molecule has 0 saturated carbocycles. The molecule has 0 spiro atoms. The van der Waals surface area contributed by atoms with E-state index in [-0.39, 0.29) is 0 Å². The Hall–Kier alpha value is -1.42. The first-order chi connectivity index (χ1) is 7.27. The van der Waals surface area contributed by atoms with Crippen LogP contribution < -0.4 is 0 Å². The maximum absolute atomic E-state index is 5.88. The molecular weight excluding hydrogens is 212 g/mol. The van der Waals surface area contributed by atoms with Crippen molar-refractivity contribution in [1.29, 1.82) is 0 Å². The van der Waals surface area contributed by atoms with Gasteiger partial charge in [0.05, 0.1) is 0 Å². The lowest BCUT2D eigenvalue weighted by Crippen LogP contribution is -2.04. The highest BCUT2D eigenvalue weighted by Gasteiger charge is 2.05. The van der Waals surface area contributed by atoms with Gasteiger partial charge in [-0.15, -0.1) is 10.2 Å². The lowest BCUT2D eigenvalue weighted by Gasteiger charge is -2.04. The van der Waals surface area contributed by atoms with Gasteiger partial charge in [-0.1, -0.05) is 6.07 Å². The summed E-state index contributed by atoms with van der Waals surface area (Å²) < 4.78 is 1.87. The average Bonchev–Trinajstić information content (AvgIpc) is 2.58. The fraction of sp³-hybridized carbons (Fsp3) is 0.300. The van der Waals surface area contributed by atoms with Crippen LogP contribution in [0.3, 0.4) is 0 Å². The molecule has 0 aliphatic carbocycles. The van der Waals surface area contributed by atoms with Crippen molar-refractivity contribution in [3.05, 3.63) is 41.2 Å². The van der Waals surface area contributed by atoms with E-state index in [4.69, 9.17) is 11.6 Å². The topological polar surface area (TPSA) is 43.6 Å². The summed E-state index contributed by atoms with van der Waals surface area (Å²) in [5.41, 5.74) is 1.04. The average molecular weight is 223 g/mol. The maximum Gasteiger partial charge on any atom is 0.225 e. The third-order valence-corrected chi connectivity index (χ3v) is 2.49. The van der Waals surface area contributed by atoms with Crippen molar-refractivity contribution in [2.75, 3.05) is 0 Å². The summed E-state index contributed by atoms with van der Waals surface area (Å²) in [5, 5.41) is 8.11. The second kappa shape index (κ2) is 4.40. The van der Waals surface area contributed by atoms with Gasteiger partial charge in [-0.2, -0.15) is 0 Å².